The monoisotopic (exact) mass is 231 g/mol. The average molecular weight is 232 g/mol. The van der Waals surface area contributed by atoms with Crippen molar-refractivity contribution >= 4 is 29.1 Å². The number of thioether (sulfide) groups is 1. The van der Waals surface area contributed by atoms with Gasteiger partial charge < -0.3 is 10.8 Å². The first-order valence-corrected chi connectivity index (χ1v) is 5.65. The highest BCUT2D eigenvalue weighted by Crippen LogP contribution is 2.30. The molecule has 3 N–H and O–H groups in total. The van der Waals surface area contributed by atoms with Crippen LogP contribution >= 0.6 is 23.4 Å². The van der Waals surface area contributed by atoms with Gasteiger partial charge in [-0.1, -0.05) is 11.6 Å². The van der Waals surface area contributed by atoms with Gasteiger partial charge in [-0.25, -0.2) is 0 Å². The fourth-order valence-corrected chi connectivity index (χ4v) is 2.10. The van der Waals surface area contributed by atoms with Gasteiger partial charge in [-0.05, 0) is 32.0 Å². The Morgan fingerprint density at radius 3 is 2.71 bits per heavy atom. The molecular weight excluding hydrogens is 218 g/mol. The minimum atomic E-state index is -0.696. The quantitative estimate of drug-likeness (QED) is 0.621. The standard InChI is InChI=1S/C10H14ClNOS/c1-10(2,13)6-14-9-5-7(12)3-4-8(9)11/h3-5,13H,6,12H2,1-2H3. The predicted molar refractivity (Wildman–Crippen MR) is 62.9 cm³/mol. The molecule has 0 aliphatic carbocycles. The van der Waals surface area contributed by atoms with E-state index in [-0.39, 0.29) is 0 Å². The van der Waals surface area contributed by atoms with E-state index in [1.807, 2.05) is 6.07 Å². The van der Waals surface area contributed by atoms with E-state index < -0.39 is 5.60 Å². The van der Waals surface area contributed by atoms with Gasteiger partial charge in [-0.15, -0.1) is 11.8 Å². The largest absolute Gasteiger partial charge is 0.399 e. The van der Waals surface area contributed by atoms with Crippen molar-refractivity contribution in [2.45, 2.75) is 24.3 Å². The smallest absolute Gasteiger partial charge is 0.0685 e. The van der Waals surface area contributed by atoms with Crippen LogP contribution in [0.4, 0.5) is 5.69 Å². The summed E-state index contributed by atoms with van der Waals surface area (Å²) in [6.45, 7) is 3.53. The number of anilines is 1. The second-order valence-corrected chi connectivity index (χ2v) is 5.22. The maximum atomic E-state index is 9.54. The molecule has 4 heteroatoms. The van der Waals surface area contributed by atoms with Crippen molar-refractivity contribution in [3.05, 3.63) is 23.2 Å². The van der Waals surface area contributed by atoms with Gasteiger partial charge in [0, 0.05) is 16.3 Å². The molecule has 0 bridgehead atoms. The van der Waals surface area contributed by atoms with Crippen LogP contribution in [0.3, 0.4) is 0 Å². The normalized spacial score (nSPS) is 11.7. The summed E-state index contributed by atoms with van der Waals surface area (Å²) in [5.74, 6) is 0.593. The second kappa shape index (κ2) is 4.43. The summed E-state index contributed by atoms with van der Waals surface area (Å²) in [6, 6.07) is 5.35. The maximum Gasteiger partial charge on any atom is 0.0685 e. The lowest BCUT2D eigenvalue weighted by Gasteiger charge is -2.16. The summed E-state index contributed by atoms with van der Waals surface area (Å²) in [5.41, 5.74) is 5.62. The first-order chi connectivity index (χ1) is 6.38. The Morgan fingerprint density at radius 2 is 2.14 bits per heavy atom. The number of nitrogen functional groups attached to an aromatic ring is 1. The zero-order chi connectivity index (χ0) is 10.8. The molecule has 78 valence electrons. The van der Waals surface area contributed by atoms with Crippen LogP contribution in [0.1, 0.15) is 13.8 Å². The Balaban J connectivity index is 2.72. The molecule has 0 radical (unpaired) electrons. The Morgan fingerprint density at radius 1 is 1.50 bits per heavy atom. The molecule has 0 aliphatic rings. The van der Waals surface area contributed by atoms with Crippen molar-refractivity contribution in [2.75, 3.05) is 11.5 Å². The average Bonchev–Trinajstić information content (AvgIpc) is 2.05. The van der Waals surface area contributed by atoms with Gasteiger partial charge in [-0.2, -0.15) is 0 Å². The highest BCUT2D eigenvalue weighted by Gasteiger charge is 2.13. The third kappa shape index (κ3) is 3.78. The van der Waals surface area contributed by atoms with Crippen LogP contribution in [0.15, 0.2) is 23.1 Å². The van der Waals surface area contributed by atoms with Gasteiger partial charge in [0.2, 0.25) is 0 Å². The second-order valence-electron chi connectivity index (χ2n) is 3.79. The van der Waals surface area contributed by atoms with Gasteiger partial charge in [0.15, 0.2) is 0 Å². The van der Waals surface area contributed by atoms with Gasteiger partial charge in [0.1, 0.15) is 0 Å². The molecule has 1 aromatic carbocycles. The summed E-state index contributed by atoms with van der Waals surface area (Å²) in [7, 11) is 0. The van der Waals surface area contributed by atoms with E-state index in [0.29, 0.717) is 16.5 Å². The Kier molecular flexibility index (Phi) is 3.70. The molecule has 1 aromatic rings. The predicted octanol–water partition coefficient (Wildman–Crippen LogP) is 2.79. The third-order valence-electron chi connectivity index (χ3n) is 1.54. The number of aliphatic hydroxyl groups is 1. The molecule has 0 saturated carbocycles. The minimum absolute atomic E-state index is 0.593. The highest BCUT2D eigenvalue weighted by molar-refractivity contribution is 7.99. The first-order valence-electron chi connectivity index (χ1n) is 4.29. The highest BCUT2D eigenvalue weighted by atomic mass is 35.5. The van der Waals surface area contributed by atoms with Crippen LogP contribution in [0.5, 0.6) is 0 Å². The van der Waals surface area contributed by atoms with Crippen LogP contribution in [-0.2, 0) is 0 Å². The van der Waals surface area contributed by atoms with Crippen molar-refractivity contribution in [2.24, 2.45) is 0 Å². The number of rotatable bonds is 3. The molecule has 0 unspecified atom stereocenters. The Bertz CT molecular complexity index is 322. The lowest BCUT2D eigenvalue weighted by Crippen LogP contribution is -2.21. The molecular formula is C10H14ClNOS. The van der Waals surface area contributed by atoms with E-state index in [1.54, 1.807) is 26.0 Å². The van der Waals surface area contributed by atoms with E-state index in [9.17, 15) is 5.11 Å². The zero-order valence-electron chi connectivity index (χ0n) is 8.25. The molecule has 0 spiro atoms. The Hall–Kier alpha value is -0.380. The van der Waals surface area contributed by atoms with E-state index in [2.05, 4.69) is 0 Å². The summed E-state index contributed by atoms with van der Waals surface area (Å²) in [4.78, 5) is 0.911. The minimum Gasteiger partial charge on any atom is -0.399 e. The molecule has 14 heavy (non-hydrogen) atoms. The molecule has 0 amide bonds. The number of nitrogens with two attached hydrogens (primary N) is 1. The third-order valence-corrected chi connectivity index (χ3v) is 3.48. The molecule has 0 fully saturated rings. The molecule has 0 aliphatic heterocycles. The van der Waals surface area contributed by atoms with Gasteiger partial charge in [-0.3, -0.25) is 0 Å². The van der Waals surface area contributed by atoms with Crippen molar-refractivity contribution in [1.29, 1.82) is 0 Å². The van der Waals surface area contributed by atoms with Crippen LogP contribution in [0, 0.1) is 0 Å². The fraction of sp³-hybridized carbons (Fsp3) is 0.400. The van der Waals surface area contributed by atoms with Crippen LogP contribution in [0.2, 0.25) is 5.02 Å². The zero-order valence-corrected chi connectivity index (χ0v) is 9.82. The van der Waals surface area contributed by atoms with Crippen molar-refractivity contribution in [3.63, 3.8) is 0 Å². The molecule has 2 nitrogen and oxygen atoms in total. The number of halogens is 1. The SMILES string of the molecule is CC(C)(O)CSc1cc(N)ccc1Cl. The number of hydrogen-bond acceptors (Lipinski definition) is 3. The summed E-state index contributed by atoms with van der Waals surface area (Å²) in [6.07, 6.45) is 0. The summed E-state index contributed by atoms with van der Waals surface area (Å²) in [5, 5.41) is 10.2. The molecule has 0 saturated heterocycles. The maximum absolute atomic E-state index is 9.54. The van der Waals surface area contributed by atoms with E-state index in [0.717, 1.165) is 4.90 Å². The number of benzene rings is 1. The van der Waals surface area contributed by atoms with Gasteiger partial charge in [0.05, 0.1) is 10.6 Å². The molecule has 0 heterocycles. The first kappa shape index (κ1) is 11.7. The molecule has 0 aromatic heterocycles. The van der Waals surface area contributed by atoms with E-state index in [1.165, 1.54) is 11.8 Å². The van der Waals surface area contributed by atoms with E-state index >= 15 is 0 Å². The number of hydrogen-bond donors (Lipinski definition) is 2. The van der Waals surface area contributed by atoms with Crippen LogP contribution < -0.4 is 5.73 Å². The molecule has 1 rings (SSSR count). The van der Waals surface area contributed by atoms with Crippen molar-refractivity contribution < 1.29 is 5.11 Å². The lowest BCUT2D eigenvalue weighted by atomic mass is 10.2. The summed E-state index contributed by atoms with van der Waals surface area (Å²) >= 11 is 7.47. The summed E-state index contributed by atoms with van der Waals surface area (Å²) < 4.78 is 0. The topological polar surface area (TPSA) is 46.2 Å². The van der Waals surface area contributed by atoms with Crippen LogP contribution in [-0.4, -0.2) is 16.5 Å². The van der Waals surface area contributed by atoms with Gasteiger partial charge in [0.25, 0.3) is 0 Å². The van der Waals surface area contributed by atoms with Crippen LogP contribution in [0.25, 0.3) is 0 Å². The van der Waals surface area contributed by atoms with Gasteiger partial charge >= 0.3 is 0 Å². The van der Waals surface area contributed by atoms with Crippen molar-refractivity contribution in [1.82, 2.24) is 0 Å². The Labute approximate surface area is 93.5 Å². The lowest BCUT2D eigenvalue weighted by molar-refractivity contribution is 0.107. The molecule has 0 atom stereocenters. The fourth-order valence-electron chi connectivity index (χ4n) is 0.885. The van der Waals surface area contributed by atoms with E-state index in [4.69, 9.17) is 17.3 Å². The van der Waals surface area contributed by atoms with Crippen molar-refractivity contribution in [3.8, 4) is 0 Å².